The summed E-state index contributed by atoms with van der Waals surface area (Å²) in [6, 6.07) is 4.02. The molecule has 1 unspecified atom stereocenters. The third kappa shape index (κ3) is 2.71. The van der Waals surface area contributed by atoms with Crippen LogP contribution in [0, 0.1) is 17.2 Å². The average Bonchev–Trinajstić information content (AvgIpc) is 3.10. The van der Waals surface area contributed by atoms with Crippen LogP contribution >= 0.6 is 15.9 Å². The molecule has 0 spiro atoms. The van der Waals surface area contributed by atoms with Crippen molar-refractivity contribution in [3.8, 4) is 6.07 Å². The minimum Gasteiger partial charge on any atom is -0.367 e. The van der Waals surface area contributed by atoms with Gasteiger partial charge in [-0.15, -0.1) is 0 Å². The van der Waals surface area contributed by atoms with Crippen LogP contribution in [0.5, 0.6) is 0 Å². The Balaban J connectivity index is 2.00. The zero-order valence-corrected chi connectivity index (χ0v) is 10.4. The highest BCUT2D eigenvalue weighted by atomic mass is 79.9. The molecule has 16 heavy (non-hydrogen) atoms. The molecule has 1 atom stereocenters. The lowest BCUT2D eigenvalue weighted by atomic mass is 10.2. The van der Waals surface area contributed by atoms with Crippen molar-refractivity contribution >= 4 is 21.7 Å². The van der Waals surface area contributed by atoms with Crippen molar-refractivity contribution in [2.24, 2.45) is 11.7 Å². The summed E-state index contributed by atoms with van der Waals surface area (Å²) in [6.45, 7) is 0.675. The van der Waals surface area contributed by atoms with Gasteiger partial charge < -0.3 is 11.1 Å². The first kappa shape index (κ1) is 11.4. The van der Waals surface area contributed by atoms with Crippen molar-refractivity contribution in [2.75, 3.05) is 11.9 Å². The normalized spacial score (nSPS) is 16.6. The monoisotopic (exact) mass is 280 g/mol. The molecule has 0 aliphatic heterocycles. The minimum absolute atomic E-state index is 0.164. The number of nitrogens with zero attached hydrogens (tertiary/aromatic N) is 2. The quantitative estimate of drug-likeness (QED) is 0.883. The minimum atomic E-state index is 0.164. The molecule has 1 heterocycles. The van der Waals surface area contributed by atoms with Crippen molar-refractivity contribution in [2.45, 2.75) is 18.9 Å². The van der Waals surface area contributed by atoms with Crippen LogP contribution in [0.1, 0.15) is 18.4 Å². The van der Waals surface area contributed by atoms with Crippen molar-refractivity contribution < 1.29 is 0 Å². The van der Waals surface area contributed by atoms with Gasteiger partial charge in [0.1, 0.15) is 11.9 Å². The Kier molecular flexibility index (Phi) is 3.42. The van der Waals surface area contributed by atoms with Crippen LogP contribution in [0.4, 0.5) is 5.82 Å². The van der Waals surface area contributed by atoms with E-state index in [-0.39, 0.29) is 6.04 Å². The van der Waals surface area contributed by atoms with Crippen molar-refractivity contribution in [3.63, 3.8) is 0 Å². The summed E-state index contributed by atoms with van der Waals surface area (Å²) in [4.78, 5) is 4.16. The Morgan fingerprint density at radius 2 is 2.44 bits per heavy atom. The van der Waals surface area contributed by atoms with Crippen LogP contribution in [0.15, 0.2) is 16.7 Å². The van der Waals surface area contributed by atoms with Crippen LogP contribution in [-0.2, 0) is 0 Å². The molecule has 3 N–H and O–H groups in total. The van der Waals surface area contributed by atoms with Crippen LogP contribution in [0.25, 0.3) is 0 Å². The molecule has 1 aliphatic carbocycles. The van der Waals surface area contributed by atoms with Crippen LogP contribution < -0.4 is 11.1 Å². The zero-order valence-electron chi connectivity index (χ0n) is 8.78. The Hall–Kier alpha value is -1.12. The zero-order chi connectivity index (χ0) is 11.5. The lowest BCUT2D eigenvalue weighted by molar-refractivity contribution is 0.620. The number of hydrogen-bond acceptors (Lipinski definition) is 4. The van der Waals surface area contributed by atoms with E-state index in [1.807, 2.05) is 0 Å². The predicted octanol–water partition coefficient (Wildman–Crippen LogP) is 1.86. The maximum atomic E-state index is 8.95. The van der Waals surface area contributed by atoms with Gasteiger partial charge in [0, 0.05) is 23.3 Å². The van der Waals surface area contributed by atoms with Crippen LogP contribution in [-0.4, -0.2) is 17.6 Å². The molecule has 0 radical (unpaired) electrons. The average molecular weight is 281 g/mol. The standard InChI is InChI=1S/C11H13BrN4/c12-9-3-8(4-13)11(15-5-9)16-6-10(14)7-1-2-7/h3,5,7,10H,1-2,6,14H2,(H,15,16). The highest BCUT2D eigenvalue weighted by Crippen LogP contribution is 2.31. The van der Waals surface area contributed by atoms with E-state index in [0.29, 0.717) is 23.8 Å². The summed E-state index contributed by atoms with van der Waals surface area (Å²) in [7, 11) is 0. The Morgan fingerprint density at radius 1 is 1.69 bits per heavy atom. The van der Waals surface area contributed by atoms with Gasteiger partial charge in [-0.3, -0.25) is 0 Å². The van der Waals surface area contributed by atoms with Gasteiger partial charge >= 0.3 is 0 Å². The third-order valence-corrected chi connectivity index (χ3v) is 3.14. The van der Waals surface area contributed by atoms with Gasteiger partial charge in [-0.1, -0.05) is 0 Å². The number of nitrogens with two attached hydrogens (primary N) is 1. The molecule has 4 nitrogen and oxygen atoms in total. The van der Waals surface area contributed by atoms with Gasteiger partial charge in [0.25, 0.3) is 0 Å². The van der Waals surface area contributed by atoms with Gasteiger partial charge in [0.05, 0.1) is 5.56 Å². The summed E-state index contributed by atoms with van der Waals surface area (Å²) in [5.74, 6) is 1.26. The van der Waals surface area contributed by atoms with E-state index in [9.17, 15) is 0 Å². The van der Waals surface area contributed by atoms with Crippen molar-refractivity contribution in [1.29, 1.82) is 5.26 Å². The molecule has 0 amide bonds. The van der Waals surface area contributed by atoms with E-state index >= 15 is 0 Å². The lowest BCUT2D eigenvalue weighted by Gasteiger charge is -2.12. The van der Waals surface area contributed by atoms with E-state index in [0.717, 1.165) is 4.47 Å². The van der Waals surface area contributed by atoms with E-state index in [1.54, 1.807) is 12.3 Å². The molecule has 1 aliphatic rings. The number of hydrogen-bond donors (Lipinski definition) is 2. The van der Waals surface area contributed by atoms with Gasteiger partial charge in [0.2, 0.25) is 0 Å². The number of halogens is 1. The fourth-order valence-electron chi connectivity index (χ4n) is 1.57. The summed E-state index contributed by atoms with van der Waals surface area (Å²) in [5.41, 5.74) is 6.51. The molecule has 1 aromatic rings. The van der Waals surface area contributed by atoms with E-state index in [1.165, 1.54) is 12.8 Å². The Morgan fingerprint density at radius 3 is 3.06 bits per heavy atom. The van der Waals surface area contributed by atoms with Gasteiger partial charge in [-0.05, 0) is 40.8 Å². The molecular formula is C11H13BrN4. The maximum absolute atomic E-state index is 8.95. The maximum Gasteiger partial charge on any atom is 0.144 e. The van der Waals surface area contributed by atoms with Gasteiger partial charge in [-0.25, -0.2) is 4.98 Å². The SMILES string of the molecule is N#Cc1cc(Br)cnc1NCC(N)C1CC1. The Bertz CT molecular complexity index is 422. The number of nitriles is 1. The second-order valence-corrected chi connectivity index (χ2v) is 4.96. The molecule has 5 heteroatoms. The first-order valence-corrected chi connectivity index (χ1v) is 6.05. The second-order valence-electron chi connectivity index (χ2n) is 4.04. The Labute approximate surface area is 103 Å². The smallest absolute Gasteiger partial charge is 0.144 e. The number of nitrogens with one attached hydrogen (secondary N) is 1. The number of pyridine rings is 1. The van der Waals surface area contributed by atoms with E-state index in [2.05, 4.69) is 32.3 Å². The highest BCUT2D eigenvalue weighted by molar-refractivity contribution is 9.10. The molecule has 84 valence electrons. The van der Waals surface area contributed by atoms with Crippen LogP contribution in [0.2, 0.25) is 0 Å². The largest absolute Gasteiger partial charge is 0.367 e. The lowest BCUT2D eigenvalue weighted by Crippen LogP contribution is -2.31. The van der Waals surface area contributed by atoms with Crippen molar-refractivity contribution in [1.82, 2.24) is 4.98 Å². The highest BCUT2D eigenvalue weighted by Gasteiger charge is 2.28. The van der Waals surface area contributed by atoms with E-state index < -0.39 is 0 Å². The molecule has 1 saturated carbocycles. The number of aromatic nitrogens is 1. The molecule has 2 rings (SSSR count). The predicted molar refractivity (Wildman–Crippen MR) is 65.8 cm³/mol. The molecule has 0 bridgehead atoms. The molecule has 1 aromatic heterocycles. The van der Waals surface area contributed by atoms with Gasteiger partial charge in [0.15, 0.2) is 0 Å². The van der Waals surface area contributed by atoms with Crippen molar-refractivity contribution in [3.05, 3.63) is 22.3 Å². The first-order chi connectivity index (χ1) is 7.70. The first-order valence-electron chi connectivity index (χ1n) is 5.26. The summed E-state index contributed by atoms with van der Waals surface area (Å²) in [5, 5.41) is 12.1. The number of anilines is 1. The van der Waals surface area contributed by atoms with Crippen LogP contribution in [0.3, 0.4) is 0 Å². The fourth-order valence-corrected chi connectivity index (χ4v) is 1.90. The van der Waals surface area contributed by atoms with Gasteiger partial charge in [-0.2, -0.15) is 5.26 Å². The third-order valence-electron chi connectivity index (χ3n) is 2.71. The molecule has 0 aromatic carbocycles. The molecule has 0 saturated heterocycles. The second kappa shape index (κ2) is 4.81. The number of rotatable bonds is 4. The summed E-state index contributed by atoms with van der Waals surface area (Å²) in [6.07, 6.45) is 4.12. The fraction of sp³-hybridized carbons (Fsp3) is 0.455. The van der Waals surface area contributed by atoms with E-state index in [4.69, 9.17) is 11.0 Å². The molecule has 1 fully saturated rings. The summed E-state index contributed by atoms with van der Waals surface area (Å²) >= 11 is 3.28. The molecular weight excluding hydrogens is 268 g/mol. The topological polar surface area (TPSA) is 74.7 Å². The summed E-state index contributed by atoms with van der Waals surface area (Å²) < 4.78 is 0.807.